The van der Waals surface area contributed by atoms with E-state index < -0.39 is 11.4 Å². The van der Waals surface area contributed by atoms with E-state index in [-0.39, 0.29) is 25.5 Å². The second-order valence-electron chi connectivity index (χ2n) is 4.05. The minimum Gasteiger partial charge on any atom is -0.481 e. The van der Waals surface area contributed by atoms with E-state index in [0.29, 0.717) is 13.2 Å². The van der Waals surface area contributed by atoms with Gasteiger partial charge in [-0.15, -0.1) is 0 Å². The summed E-state index contributed by atoms with van der Waals surface area (Å²) in [6.45, 7) is 3.79. The summed E-state index contributed by atoms with van der Waals surface area (Å²) in [5.74, 6) is -1.32. The smallest absolute Gasteiger partial charge is 0.309 e. The summed E-state index contributed by atoms with van der Waals surface area (Å²) in [6.07, 6.45) is -0.0671. The van der Waals surface area contributed by atoms with E-state index in [9.17, 15) is 9.59 Å². The third kappa shape index (κ3) is 6.36. The zero-order chi connectivity index (χ0) is 12.6. The number of hydrogen-bond donors (Lipinski definition) is 3. The fourth-order valence-corrected chi connectivity index (χ4v) is 0.969. The highest BCUT2D eigenvalue weighted by atomic mass is 16.5. The topological polar surface area (TPSA) is 95.9 Å². The lowest BCUT2D eigenvalue weighted by atomic mass is 9.89. The Kier molecular flexibility index (Phi) is 6.67. The molecule has 0 spiro atoms. The summed E-state index contributed by atoms with van der Waals surface area (Å²) in [7, 11) is 0. The van der Waals surface area contributed by atoms with Crippen LogP contribution in [0.3, 0.4) is 0 Å². The van der Waals surface area contributed by atoms with E-state index in [0.717, 1.165) is 0 Å². The van der Waals surface area contributed by atoms with Gasteiger partial charge in [0, 0.05) is 13.0 Å². The summed E-state index contributed by atoms with van der Waals surface area (Å²) in [4.78, 5) is 22.1. The molecule has 0 fully saturated rings. The molecule has 16 heavy (non-hydrogen) atoms. The molecule has 0 aliphatic carbocycles. The average molecular weight is 233 g/mol. The molecule has 94 valence electrons. The third-order valence-electron chi connectivity index (χ3n) is 1.99. The van der Waals surface area contributed by atoms with Crippen molar-refractivity contribution in [2.45, 2.75) is 20.3 Å². The molecule has 0 saturated heterocycles. The zero-order valence-corrected chi connectivity index (χ0v) is 9.65. The van der Waals surface area contributed by atoms with Gasteiger partial charge in [-0.3, -0.25) is 9.59 Å². The van der Waals surface area contributed by atoms with Gasteiger partial charge in [0.05, 0.1) is 25.2 Å². The predicted molar refractivity (Wildman–Crippen MR) is 56.9 cm³/mol. The normalized spacial score (nSPS) is 11.2. The van der Waals surface area contributed by atoms with Gasteiger partial charge in [0.15, 0.2) is 0 Å². The van der Waals surface area contributed by atoms with Crippen LogP contribution in [-0.4, -0.2) is 48.5 Å². The first-order chi connectivity index (χ1) is 7.40. The van der Waals surface area contributed by atoms with Crippen LogP contribution in [0.15, 0.2) is 0 Å². The molecule has 0 rings (SSSR count). The van der Waals surface area contributed by atoms with E-state index in [1.165, 1.54) is 13.8 Å². The number of aliphatic hydroxyl groups is 1. The first-order valence-electron chi connectivity index (χ1n) is 5.09. The van der Waals surface area contributed by atoms with Crippen LogP contribution < -0.4 is 5.32 Å². The highest BCUT2D eigenvalue weighted by Gasteiger charge is 2.29. The van der Waals surface area contributed by atoms with Crippen LogP contribution in [0.2, 0.25) is 0 Å². The quantitative estimate of drug-likeness (QED) is 0.496. The van der Waals surface area contributed by atoms with Crippen molar-refractivity contribution >= 4 is 11.9 Å². The standard InChI is InChI=1S/C10H19NO5/c1-10(2,9(14)15)7-8(13)11-3-5-16-6-4-12/h12H,3-7H2,1-2H3,(H,11,13)(H,14,15). The number of aliphatic hydroxyl groups excluding tert-OH is 1. The number of ether oxygens (including phenoxy) is 1. The Bertz CT molecular complexity index is 239. The van der Waals surface area contributed by atoms with E-state index in [2.05, 4.69) is 5.32 Å². The Hall–Kier alpha value is -1.14. The van der Waals surface area contributed by atoms with Crippen LogP contribution in [0.25, 0.3) is 0 Å². The molecule has 0 heterocycles. The number of rotatable bonds is 8. The molecule has 6 nitrogen and oxygen atoms in total. The highest BCUT2D eigenvalue weighted by molar-refractivity contribution is 5.84. The summed E-state index contributed by atoms with van der Waals surface area (Å²) in [5.41, 5.74) is -1.06. The summed E-state index contributed by atoms with van der Waals surface area (Å²) in [6, 6.07) is 0. The predicted octanol–water partition coefficient (Wildman–Crippen LogP) is -0.388. The Balaban J connectivity index is 3.71. The minimum atomic E-state index is -1.06. The van der Waals surface area contributed by atoms with Gasteiger partial charge in [-0.25, -0.2) is 0 Å². The molecule has 1 amide bonds. The molecule has 0 radical (unpaired) electrons. The number of carboxylic acids is 1. The molecule has 0 unspecified atom stereocenters. The van der Waals surface area contributed by atoms with E-state index in [1.54, 1.807) is 0 Å². The fourth-order valence-electron chi connectivity index (χ4n) is 0.969. The number of amides is 1. The molecule has 0 saturated carbocycles. The molecule has 0 aliphatic rings. The lowest BCUT2D eigenvalue weighted by Crippen LogP contribution is -2.34. The van der Waals surface area contributed by atoms with Crippen LogP contribution in [0.4, 0.5) is 0 Å². The lowest BCUT2D eigenvalue weighted by molar-refractivity contribution is -0.149. The molecule has 0 aromatic carbocycles. The van der Waals surface area contributed by atoms with E-state index in [1.807, 2.05) is 0 Å². The molecule has 3 N–H and O–H groups in total. The van der Waals surface area contributed by atoms with Crippen molar-refractivity contribution < 1.29 is 24.5 Å². The van der Waals surface area contributed by atoms with Crippen LogP contribution >= 0.6 is 0 Å². The zero-order valence-electron chi connectivity index (χ0n) is 9.65. The number of carbonyl (C=O) groups is 2. The van der Waals surface area contributed by atoms with Crippen molar-refractivity contribution in [2.24, 2.45) is 5.41 Å². The summed E-state index contributed by atoms with van der Waals surface area (Å²) < 4.78 is 4.93. The fraction of sp³-hybridized carbons (Fsp3) is 0.800. The van der Waals surface area contributed by atoms with Crippen molar-refractivity contribution in [3.63, 3.8) is 0 Å². The van der Waals surface area contributed by atoms with Gasteiger partial charge in [-0.1, -0.05) is 0 Å². The second-order valence-corrected chi connectivity index (χ2v) is 4.05. The van der Waals surface area contributed by atoms with Gasteiger partial charge in [0.1, 0.15) is 0 Å². The molecule has 0 bridgehead atoms. The van der Waals surface area contributed by atoms with Gasteiger partial charge in [-0.2, -0.15) is 0 Å². The maximum atomic E-state index is 11.3. The SMILES string of the molecule is CC(C)(CC(=O)NCCOCCO)C(=O)O. The molecule has 0 atom stereocenters. The van der Waals surface area contributed by atoms with Crippen molar-refractivity contribution in [1.29, 1.82) is 0 Å². The molecule has 0 aromatic rings. The van der Waals surface area contributed by atoms with Gasteiger partial charge in [-0.05, 0) is 13.8 Å². The van der Waals surface area contributed by atoms with Gasteiger partial charge >= 0.3 is 5.97 Å². The Labute approximate surface area is 94.6 Å². The largest absolute Gasteiger partial charge is 0.481 e. The van der Waals surface area contributed by atoms with Crippen molar-refractivity contribution in [3.8, 4) is 0 Å². The number of aliphatic carboxylic acids is 1. The van der Waals surface area contributed by atoms with Crippen LogP contribution in [0.1, 0.15) is 20.3 Å². The minimum absolute atomic E-state index is 0.0556. The third-order valence-corrected chi connectivity index (χ3v) is 1.99. The van der Waals surface area contributed by atoms with Gasteiger partial charge in [0.2, 0.25) is 5.91 Å². The Morgan fingerprint density at radius 2 is 1.94 bits per heavy atom. The van der Waals surface area contributed by atoms with Crippen LogP contribution in [0.5, 0.6) is 0 Å². The lowest BCUT2D eigenvalue weighted by Gasteiger charge is -2.18. The highest BCUT2D eigenvalue weighted by Crippen LogP contribution is 2.19. The number of nitrogens with one attached hydrogen (secondary N) is 1. The second kappa shape index (κ2) is 7.19. The molecular formula is C10H19NO5. The van der Waals surface area contributed by atoms with Gasteiger partial charge < -0.3 is 20.3 Å². The maximum absolute atomic E-state index is 11.3. The number of carbonyl (C=O) groups excluding carboxylic acids is 1. The molecule has 6 heteroatoms. The van der Waals surface area contributed by atoms with Crippen LogP contribution in [0, 0.1) is 5.41 Å². The summed E-state index contributed by atoms with van der Waals surface area (Å²) >= 11 is 0. The summed E-state index contributed by atoms with van der Waals surface area (Å²) in [5, 5.41) is 19.8. The Morgan fingerprint density at radius 1 is 1.31 bits per heavy atom. The first kappa shape index (κ1) is 14.9. The monoisotopic (exact) mass is 233 g/mol. The molecular weight excluding hydrogens is 214 g/mol. The maximum Gasteiger partial charge on any atom is 0.309 e. The van der Waals surface area contributed by atoms with Crippen LogP contribution in [-0.2, 0) is 14.3 Å². The average Bonchev–Trinajstić information content (AvgIpc) is 2.16. The van der Waals surface area contributed by atoms with Crippen molar-refractivity contribution in [2.75, 3.05) is 26.4 Å². The van der Waals surface area contributed by atoms with Gasteiger partial charge in [0.25, 0.3) is 0 Å². The van der Waals surface area contributed by atoms with Crippen molar-refractivity contribution in [3.05, 3.63) is 0 Å². The Morgan fingerprint density at radius 3 is 2.44 bits per heavy atom. The number of hydrogen-bond acceptors (Lipinski definition) is 4. The number of carboxylic acid groups (broad SMARTS) is 1. The van der Waals surface area contributed by atoms with E-state index in [4.69, 9.17) is 14.9 Å². The molecule has 0 aromatic heterocycles. The first-order valence-corrected chi connectivity index (χ1v) is 5.09. The molecule has 0 aliphatic heterocycles. The van der Waals surface area contributed by atoms with Crippen molar-refractivity contribution in [1.82, 2.24) is 5.32 Å². The van der Waals surface area contributed by atoms with E-state index >= 15 is 0 Å².